The second-order valence-corrected chi connectivity index (χ2v) is 10.0. The first kappa shape index (κ1) is 21.3. The summed E-state index contributed by atoms with van der Waals surface area (Å²) in [5.41, 5.74) is 2.30. The van der Waals surface area contributed by atoms with Gasteiger partial charge in [-0.3, -0.25) is 4.79 Å². The average Bonchev–Trinajstić information content (AvgIpc) is 3.47. The summed E-state index contributed by atoms with van der Waals surface area (Å²) in [6, 6.07) is 11.0. The molecule has 0 unspecified atom stereocenters. The second kappa shape index (κ2) is 9.16. The van der Waals surface area contributed by atoms with Gasteiger partial charge in [0.15, 0.2) is 0 Å². The van der Waals surface area contributed by atoms with Crippen molar-refractivity contribution in [2.45, 2.75) is 56.9 Å². The Bertz CT molecular complexity index is 1090. The number of amides is 1. The van der Waals surface area contributed by atoms with Gasteiger partial charge in [-0.15, -0.1) is 11.3 Å². The van der Waals surface area contributed by atoms with Crippen molar-refractivity contribution in [2.24, 2.45) is 0 Å². The van der Waals surface area contributed by atoms with E-state index in [2.05, 4.69) is 50.9 Å². The largest absolute Gasteiger partial charge is 0.381 e. The molecule has 5 rings (SSSR count). The molecule has 2 aliphatic rings. The van der Waals surface area contributed by atoms with Crippen molar-refractivity contribution in [1.29, 1.82) is 0 Å². The first-order valence-electron chi connectivity index (χ1n) is 11.6. The monoisotopic (exact) mass is 450 g/mol. The molecule has 2 N–H and O–H groups in total. The Balaban J connectivity index is 1.41. The lowest BCUT2D eigenvalue weighted by Gasteiger charge is -2.38. The average molecular weight is 451 g/mol. The molecular formula is C25H30N4O2S. The number of carbonyl (C=O) groups excluding carboxylic acids is 1. The number of nitrogens with one attached hydrogen (secondary N) is 2. The summed E-state index contributed by atoms with van der Waals surface area (Å²) < 4.78 is 5.68. The van der Waals surface area contributed by atoms with Crippen molar-refractivity contribution >= 4 is 33.3 Å². The van der Waals surface area contributed by atoms with Crippen LogP contribution in [0.5, 0.6) is 0 Å². The van der Waals surface area contributed by atoms with E-state index in [1.807, 2.05) is 6.92 Å². The Kier molecular flexibility index (Phi) is 6.11. The van der Waals surface area contributed by atoms with Crippen LogP contribution in [0.4, 0.5) is 5.82 Å². The van der Waals surface area contributed by atoms with Crippen molar-refractivity contribution in [3.8, 4) is 0 Å². The summed E-state index contributed by atoms with van der Waals surface area (Å²) in [7, 11) is 0. The Labute approximate surface area is 192 Å². The fraction of sp³-hybridized carbons (Fsp3) is 0.480. The minimum absolute atomic E-state index is 0.00336. The zero-order chi connectivity index (χ0) is 22.0. The van der Waals surface area contributed by atoms with Crippen LogP contribution in [0.2, 0.25) is 0 Å². The molecule has 0 atom stereocenters. The molecule has 1 aromatic carbocycles. The SMILES string of the molecule is Cc1c(C(=O)NC2CCCC2)sc2ncnc(NCC3(c4ccccc4)CCOCC3)c12. The molecule has 2 fully saturated rings. The minimum atomic E-state index is 0.00336. The summed E-state index contributed by atoms with van der Waals surface area (Å²) in [6.45, 7) is 4.31. The van der Waals surface area contributed by atoms with Gasteiger partial charge in [-0.25, -0.2) is 9.97 Å². The van der Waals surface area contributed by atoms with Crippen LogP contribution in [0.1, 0.15) is 59.3 Å². The topological polar surface area (TPSA) is 76.1 Å². The Hall–Kier alpha value is -2.51. The van der Waals surface area contributed by atoms with E-state index in [1.165, 1.54) is 29.7 Å². The number of ether oxygens (including phenoxy) is 1. The smallest absolute Gasteiger partial charge is 0.261 e. The fourth-order valence-corrected chi connectivity index (χ4v) is 6.17. The number of hydrogen-bond acceptors (Lipinski definition) is 6. The third kappa shape index (κ3) is 4.11. The van der Waals surface area contributed by atoms with Gasteiger partial charge >= 0.3 is 0 Å². The maximum Gasteiger partial charge on any atom is 0.261 e. The number of thiophene rings is 1. The van der Waals surface area contributed by atoms with Crippen LogP contribution in [0.3, 0.4) is 0 Å². The first-order chi connectivity index (χ1) is 15.7. The molecule has 0 spiro atoms. The molecule has 3 aromatic rings. The van der Waals surface area contributed by atoms with Gasteiger partial charge in [0, 0.05) is 31.2 Å². The van der Waals surface area contributed by atoms with Crippen molar-refractivity contribution < 1.29 is 9.53 Å². The van der Waals surface area contributed by atoms with Crippen LogP contribution in [0, 0.1) is 6.92 Å². The van der Waals surface area contributed by atoms with Crippen LogP contribution < -0.4 is 10.6 Å². The molecule has 6 nitrogen and oxygen atoms in total. The van der Waals surface area contributed by atoms with E-state index in [9.17, 15) is 4.79 Å². The van der Waals surface area contributed by atoms with E-state index in [1.54, 1.807) is 6.33 Å². The number of nitrogens with zero attached hydrogens (tertiary/aromatic N) is 2. The van der Waals surface area contributed by atoms with Gasteiger partial charge in [0.1, 0.15) is 17.0 Å². The standard InChI is InChI=1S/C25H30N4O2S/c1-17-20-22(26-15-25(11-13-31-14-12-25)18-7-3-2-4-8-18)27-16-28-24(20)32-21(17)23(30)29-19-9-5-6-10-19/h2-4,7-8,16,19H,5-6,9-15H2,1H3,(H,29,30)(H,26,27,28). The lowest BCUT2D eigenvalue weighted by Crippen LogP contribution is -2.40. The molecule has 3 heterocycles. The molecule has 0 radical (unpaired) electrons. The Morgan fingerprint density at radius 3 is 2.66 bits per heavy atom. The summed E-state index contributed by atoms with van der Waals surface area (Å²) in [4.78, 5) is 23.6. The molecule has 1 saturated carbocycles. The highest BCUT2D eigenvalue weighted by Gasteiger charge is 2.34. The summed E-state index contributed by atoms with van der Waals surface area (Å²) in [5.74, 6) is 0.832. The van der Waals surface area contributed by atoms with Gasteiger partial charge in [0.25, 0.3) is 5.91 Å². The molecule has 1 aliphatic carbocycles. The number of fused-ring (bicyclic) bond motifs is 1. The predicted octanol–water partition coefficient (Wildman–Crippen LogP) is 4.83. The fourth-order valence-electron chi connectivity index (χ4n) is 5.12. The van der Waals surface area contributed by atoms with E-state index < -0.39 is 0 Å². The molecule has 1 amide bonds. The maximum atomic E-state index is 13.0. The number of hydrogen-bond donors (Lipinski definition) is 2. The second-order valence-electron chi connectivity index (χ2n) is 9.03. The zero-order valence-electron chi connectivity index (χ0n) is 18.5. The Morgan fingerprint density at radius 2 is 1.91 bits per heavy atom. The van der Waals surface area contributed by atoms with E-state index in [0.29, 0.717) is 6.04 Å². The molecule has 168 valence electrons. The molecule has 7 heteroatoms. The van der Waals surface area contributed by atoms with Gasteiger partial charge < -0.3 is 15.4 Å². The van der Waals surface area contributed by atoms with Gasteiger partial charge in [-0.2, -0.15) is 0 Å². The molecular weight excluding hydrogens is 420 g/mol. The van der Waals surface area contributed by atoms with Gasteiger partial charge in [-0.1, -0.05) is 43.2 Å². The minimum Gasteiger partial charge on any atom is -0.381 e. The number of rotatable bonds is 6. The van der Waals surface area contributed by atoms with Gasteiger partial charge in [0.2, 0.25) is 0 Å². The van der Waals surface area contributed by atoms with E-state index in [4.69, 9.17) is 4.74 Å². The van der Waals surface area contributed by atoms with Gasteiger partial charge in [0.05, 0.1) is 10.3 Å². The lowest BCUT2D eigenvalue weighted by atomic mass is 9.74. The molecule has 1 aliphatic heterocycles. The van der Waals surface area contributed by atoms with E-state index >= 15 is 0 Å². The summed E-state index contributed by atoms with van der Waals surface area (Å²) in [5, 5.41) is 7.81. The van der Waals surface area contributed by atoms with E-state index in [-0.39, 0.29) is 11.3 Å². The highest BCUT2D eigenvalue weighted by Crippen LogP contribution is 2.37. The third-order valence-corrected chi connectivity index (χ3v) is 8.25. The predicted molar refractivity (Wildman–Crippen MR) is 129 cm³/mol. The van der Waals surface area contributed by atoms with Crippen LogP contribution in [-0.2, 0) is 10.2 Å². The van der Waals surface area contributed by atoms with Crippen molar-refractivity contribution in [2.75, 3.05) is 25.1 Å². The number of anilines is 1. The van der Waals surface area contributed by atoms with Crippen LogP contribution in [-0.4, -0.2) is 41.7 Å². The third-order valence-electron chi connectivity index (χ3n) is 7.05. The number of aromatic nitrogens is 2. The quantitative estimate of drug-likeness (QED) is 0.562. The number of aryl methyl sites for hydroxylation is 1. The van der Waals surface area contributed by atoms with Crippen LogP contribution in [0.15, 0.2) is 36.7 Å². The first-order valence-corrected chi connectivity index (χ1v) is 12.4. The molecule has 1 saturated heterocycles. The molecule has 32 heavy (non-hydrogen) atoms. The van der Waals surface area contributed by atoms with Crippen LogP contribution in [0.25, 0.3) is 10.2 Å². The molecule has 0 bridgehead atoms. The van der Waals surface area contributed by atoms with E-state index in [0.717, 1.165) is 71.9 Å². The number of benzene rings is 1. The summed E-state index contributed by atoms with van der Waals surface area (Å²) in [6.07, 6.45) is 8.08. The maximum absolute atomic E-state index is 13.0. The van der Waals surface area contributed by atoms with Crippen LogP contribution >= 0.6 is 11.3 Å². The zero-order valence-corrected chi connectivity index (χ0v) is 19.3. The van der Waals surface area contributed by atoms with Gasteiger partial charge in [-0.05, 0) is 43.7 Å². The summed E-state index contributed by atoms with van der Waals surface area (Å²) >= 11 is 1.46. The highest BCUT2D eigenvalue weighted by atomic mass is 32.1. The molecule has 2 aromatic heterocycles. The lowest BCUT2D eigenvalue weighted by molar-refractivity contribution is 0.0544. The van der Waals surface area contributed by atoms with Crippen molar-refractivity contribution in [3.63, 3.8) is 0 Å². The highest BCUT2D eigenvalue weighted by molar-refractivity contribution is 7.20. The normalized spacial score (nSPS) is 18.7. The van der Waals surface area contributed by atoms with Crippen molar-refractivity contribution in [1.82, 2.24) is 15.3 Å². The number of carbonyl (C=O) groups is 1. The van der Waals surface area contributed by atoms with Crippen molar-refractivity contribution in [3.05, 3.63) is 52.7 Å². The Morgan fingerprint density at radius 1 is 1.16 bits per heavy atom.